The number of thioether (sulfide) groups is 1. The van der Waals surface area contributed by atoms with Gasteiger partial charge in [-0.05, 0) is 35.9 Å². The van der Waals surface area contributed by atoms with Crippen molar-refractivity contribution in [1.82, 2.24) is 0 Å². The molecule has 22 heavy (non-hydrogen) atoms. The summed E-state index contributed by atoms with van der Waals surface area (Å²) in [6.07, 6.45) is 0. The van der Waals surface area contributed by atoms with Gasteiger partial charge in [0.2, 0.25) is 5.91 Å². The fourth-order valence-electron chi connectivity index (χ4n) is 1.72. The Balaban J connectivity index is 1.85. The van der Waals surface area contributed by atoms with E-state index in [0.29, 0.717) is 37.3 Å². The lowest BCUT2D eigenvalue weighted by Crippen LogP contribution is -2.14. The minimum absolute atomic E-state index is 0.131. The van der Waals surface area contributed by atoms with Gasteiger partial charge in [0.05, 0.1) is 5.75 Å². The molecule has 2 nitrogen and oxygen atoms in total. The normalized spacial score (nSPS) is 10.5. The fourth-order valence-corrected chi connectivity index (χ4v) is 3.63. The van der Waals surface area contributed by atoms with Gasteiger partial charge in [-0.25, -0.2) is 0 Å². The van der Waals surface area contributed by atoms with Gasteiger partial charge in [0.25, 0.3) is 0 Å². The zero-order chi connectivity index (χ0) is 16.1. The van der Waals surface area contributed by atoms with E-state index in [4.69, 9.17) is 46.4 Å². The lowest BCUT2D eigenvalue weighted by atomic mass is 10.2. The third kappa shape index (κ3) is 5.56. The summed E-state index contributed by atoms with van der Waals surface area (Å²) in [6, 6.07) is 10.2. The summed E-state index contributed by atoms with van der Waals surface area (Å²) in [5, 5.41) is 4.89. The molecular weight excluding hydrogens is 384 g/mol. The maximum atomic E-state index is 11.9. The third-order valence-corrected chi connectivity index (χ3v) is 4.66. The summed E-state index contributed by atoms with van der Waals surface area (Å²) in [6.45, 7) is 0. The number of hydrogen-bond donors (Lipinski definition) is 1. The number of carbonyl (C=O) groups excluding carboxylic acids is 1. The Bertz CT molecular complexity index is 673. The van der Waals surface area contributed by atoms with E-state index < -0.39 is 0 Å². The molecule has 0 saturated carbocycles. The first-order valence-electron chi connectivity index (χ1n) is 6.21. The molecule has 1 N–H and O–H groups in total. The van der Waals surface area contributed by atoms with E-state index in [9.17, 15) is 4.79 Å². The van der Waals surface area contributed by atoms with E-state index >= 15 is 0 Å². The van der Waals surface area contributed by atoms with Gasteiger partial charge in [-0.15, -0.1) is 11.8 Å². The average molecular weight is 395 g/mol. The fraction of sp³-hybridized carbons (Fsp3) is 0.133. The smallest absolute Gasteiger partial charge is 0.234 e. The van der Waals surface area contributed by atoms with Gasteiger partial charge in [0.1, 0.15) is 0 Å². The number of benzene rings is 2. The highest BCUT2D eigenvalue weighted by molar-refractivity contribution is 7.99. The molecule has 0 heterocycles. The highest BCUT2D eigenvalue weighted by atomic mass is 35.5. The van der Waals surface area contributed by atoms with E-state index in [1.54, 1.807) is 30.3 Å². The molecule has 0 aliphatic carbocycles. The van der Waals surface area contributed by atoms with Gasteiger partial charge in [0.15, 0.2) is 0 Å². The summed E-state index contributed by atoms with van der Waals surface area (Å²) in [5.74, 6) is 0.788. The first-order chi connectivity index (χ1) is 10.4. The van der Waals surface area contributed by atoms with Crippen LogP contribution in [0.4, 0.5) is 5.69 Å². The zero-order valence-corrected chi connectivity index (χ0v) is 15.0. The number of amides is 1. The van der Waals surface area contributed by atoms with Crippen molar-refractivity contribution in [2.75, 3.05) is 11.1 Å². The van der Waals surface area contributed by atoms with Crippen molar-refractivity contribution in [3.63, 3.8) is 0 Å². The molecule has 116 valence electrons. The first kappa shape index (κ1) is 17.8. The minimum atomic E-state index is -0.131. The Labute approximate surface area is 153 Å². The molecule has 2 rings (SSSR count). The van der Waals surface area contributed by atoms with Crippen LogP contribution in [0.5, 0.6) is 0 Å². The van der Waals surface area contributed by atoms with Gasteiger partial charge in [0, 0.05) is 31.5 Å². The first-order valence-corrected chi connectivity index (χ1v) is 8.88. The highest BCUT2D eigenvalue weighted by Gasteiger charge is 2.06. The Morgan fingerprint density at radius 2 is 1.64 bits per heavy atom. The monoisotopic (exact) mass is 393 g/mol. The van der Waals surface area contributed by atoms with Crippen LogP contribution in [0.3, 0.4) is 0 Å². The maximum absolute atomic E-state index is 11.9. The Morgan fingerprint density at radius 1 is 0.955 bits per heavy atom. The van der Waals surface area contributed by atoms with Crippen molar-refractivity contribution in [3.05, 3.63) is 62.1 Å². The number of rotatable bonds is 5. The third-order valence-electron chi connectivity index (χ3n) is 2.65. The van der Waals surface area contributed by atoms with Crippen LogP contribution in [0.1, 0.15) is 5.56 Å². The van der Waals surface area contributed by atoms with Crippen molar-refractivity contribution in [2.45, 2.75) is 5.75 Å². The van der Waals surface area contributed by atoms with E-state index in [0.717, 1.165) is 5.56 Å². The van der Waals surface area contributed by atoms with Crippen LogP contribution in [0, 0.1) is 0 Å². The van der Waals surface area contributed by atoms with Crippen molar-refractivity contribution in [1.29, 1.82) is 0 Å². The molecule has 0 atom stereocenters. The summed E-state index contributed by atoms with van der Waals surface area (Å²) in [4.78, 5) is 11.9. The zero-order valence-electron chi connectivity index (χ0n) is 11.2. The van der Waals surface area contributed by atoms with E-state index in [-0.39, 0.29) is 5.91 Å². The van der Waals surface area contributed by atoms with Gasteiger partial charge in [-0.1, -0.05) is 52.5 Å². The Kier molecular flexibility index (Phi) is 6.72. The number of halogens is 4. The lowest BCUT2D eigenvalue weighted by molar-refractivity contribution is -0.113. The summed E-state index contributed by atoms with van der Waals surface area (Å²) in [5.41, 5.74) is 1.52. The van der Waals surface area contributed by atoms with Crippen molar-refractivity contribution in [2.24, 2.45) is 0 Å². The molecule has 0 aromatic heterocycles. The molecule has 0 spiro atoms. The lowest BCUT2D eigenvalue weighted by Gasteiger charge is -2.07. The number of anilines is 1. The largest absolute Gasteiger partial charge is 0.325 e. The second-order valence-electron chi connectivity index (χ2n) is 4.43. The molecule has 0 radical (unpaired) electrons. The van der Waals surface area contributed by atoms with Gasteiger partial charge in [-0.3, -0.25) is 4.79 Å². The molecule has 0 saturated heterocycles. The van der Waals surface area contributed by atoms with Crippen molar-refractivity contribution >= 4 is 69.8 Å². The van der Waals surface area contributed by atoms with Crippen LogP contribution in [-0.2, 0) is 10.5 Å². The van der Waals surface area contributed by atoms with Crippen LogP contribution < -0.4 is 5.32 Å². The second-order valence-corrected chi connectivity index (χ2v) is 7.14. The van der Waals surface area contributed by atoms with Crippen LogP contribution in [0.2, 0.25) is 20.1 Å². The molecule has 1 amide bonds. The van der Waals surface area contributed by atoms with Crippen LogP contribution in [-0.4, -0.2) is 11.7 Å². The molecule has 0 bridgehead atoms. The van der Waals surface area contributed by atoms with Crippen molar-refractivity contribution in [3.8, 4) is 0 Å². The number of carbonyl (C=O) groups is 1. The molecule has 0 unspecified atom stereocenters. The Morgan fingerprint density at radius 3 is 2.27 bits per heavy atom. The van der Waals surface area contributed by atoms with Crippen LogP contribution in [0.15, 0.2) is 36.4 Å². The minimum Gasteiger partial charge on any atom is -0.325 e. The Hall–Kier alpha value is -0.580. The van der Waals surface area contributed by atoms with Gasteiger partial charge >= 0.3 is 0 Å². The standard InChI is InChI=1S/C15H11Cl4NOS/c16-10-2-1-9(14(19)6-10)7-22-8-15(21)20-13-4-11(17)3-12(18)5-13/h1-6H,7-8H2,(H,20,21). The quantitative estimate of drug-likeness (QED) is 0.656. The van der Waals surface area contributed by atoms with Gasteiger partial charge in [-0.2, -0.15) is 0 Å². The number of nitrogens with one attached hydrogen (secondary N) is 1. The predicted octanol–water partition coefficient (Wildman–Crippen LogP) is 6.17. The SMILES string of the molecule is O=C(CSCc1ccc(Cl)cc1Cl)Nc1cc(Cl)cc(Cl)c1. The van der Waals surface area contributed by atoms with Crippen LogP contribution >= 0.6 is 58.2 Å². The highest BCUT2D eigenvalue weighted by Crippen LogP contribution is 2.25. The molecule has 0 aliphatic heterocycles. The molecule has 2 aromatic carbocycles. The molecule has 2 aromatic rings. The topological polar surface area (TPSA) is 29.1 Å². The molecule has 0 aliphatic rings. The number of hydrogen-bond acceptors (Lipinski definition) is 2. The second kappa shape index (κ2) is 8.32. The average Bonchev–Trinajstić information content (AvgIpc) is 2.40. The summed E-state index contributed by atoms with van der Waals surface area (Å²) in [7, 11) is 0. The van der Waals surface area contributed by atoms with Gasteiger partial charge < -0.3 is 5.32 Å². The van der Waals surface area contributed by atoms with E-state index in [1.807, 2.05) is 6.07 Å². The van der Waals surface area contributed by atoms with E-state index in [1.165, 1.54) is 11.8 Å². The van der Waals surface area contributed by atoms with Crippen molar-refractivity contribution < 1.29 is 4.79 Å². The summed E-state index contributed by atoms with van der Waals surface area (Å²) < 4.78 is 0. The molecular formula is C15H11Cl4NOS. The maximum Gasteiger partial charge on any atom is 0.234 e. The molecule has 7 heteroatoms. The predicted molar refractivity (Wildman–Crippen MR) is 97.7 cm³/mol. The van der Waals surface area contributed by atoms with Crippen LogP contribution in [0.25, 0.3) is 0 Å². The van der Waals surface area contributed by atoms with E-state index in [2.05, 4.69) is 5.32 Å². The summed E-state index contributed by atoms with van der Waals surface area (Å²) >= 11 is 25.1. The molecule has 0 fully saturated rings.